The van der Waals surface area contributed by atoms with Gasteiger partial charge in [-0.05, 0) is 11.5 Å². The molecule has 0 unspecified atom stereocenters. The normalized spacial score (nSPS) is 11.4. The Hall–Kier alpha value is -1.94. The van der Waals surface area contributed by atoms with Gasteiger partial charge in [0, 0.05) is 31.4 Å². The van der Waals surface area contributed by atoms with Crippen LogP contribution in [-0.2, 0) is 19.6 Å². The van der Waals surface area contributed by atoms with E-state index in [1.54, 1.807) is 18.4 Å². The van der Waals surface area contributed by atoms with Gasteiger partial charge >= 0.3 is 0 Å². The molecular weight excluding hydrogens is 483 g/mol. The molecule has 0 aliphatic carbocycles. The summed E-state index contributed by atoms with van der Waals surface area (Å²) in [6, 6.07) is 10.4. The number of nitrogens with one attached hydrogen (secondary N) is 2. The first-order chi connectivity index (χ1) is 13.2. The Labute approximate surface area is 187 Å². The summed E-state index contributed by atoms with van der Waals surface area (Å²) in [6.07, 6.45) is 3.84. The predicted molar refractivity (Wildman–Crippen MR) is 126 cm³/mol. The van der Waals surface area contributed by atoms with Crippen molar-refractivity contribution in [1.29, 1.82) is 0 Å². The van der Waals surface area contributed by atoms with Crippen molar-refractivity contribution in [2.45, 2.75) is 39.4 Å². The Balaban J connectivity index is 0.00000280. The molecule has 3 aromatic rings. The van der Waals surface area contributed by atoms with E-state index >= 15 is 0 Å². The molecule has 8 heteroatoms. The van der Waals surface area contributed by atoms with E-state index in [0.29, 0.717) is 19.0 Å². The standard InChI is InChI=1S/C20H26N6S.HI/c1-15(2)17-14-27-19(25-17)12-24-20(21-3)23-11-18-22-9-10-26(18)13-16-7-5-4-6-8-16;/h4-10,14-15H,11-13H2,1-3H3,(H2,21,23,24);1H. The minimum Gasteiger partial charge on any atom is -0.350 e. The van der Waals surface area contributed by atoms with Gasteiger partial charge in [-0.25, -0.2) is 9.97 Å². The fraction of sp³-hybridized carbons (Fsp3) is 0.350. The molecule has 0 bridgehead atoms. The lowest BCUT2D eigenvalue weighted by molar-refractivity contribution is 0.687. The van der Waals surface area contributed by atoms with Crippen LogP contribution in [0.25, 0.3) is 0 Å². The Morgan fingerprint density at radius 1 is 1.18 bits per heavy atom. The van der Waals surface area contributed by atoms with E-state index < -0.39 is 0 Å². The lowest BCUT2D eigenvalue weighted by Crippen LogP contribution is -2.37. The summed E-state index contributed by atoms with van der Waals surface area (Å²) < 4.78 is 2.14. The van der Waals surface area contributed by atoms with Crippen LogP contribution in [-0.4, -0.2) is 27.5 Å². The third kappa shape index (κ3) is 6.30. The van der Waals surface area contributed by atoms with Gasteiger partial charge in [-0.1, -0.05) is 44.2 Å². The third-order valence-corrected chi connectivity index (χ3v) is 5.07. The molecule has 0 saturated heterocycles. The minimum absolute atomic E-state index is 0. The van der Waals surface area contributed by atoms with Gasteiger partial charge in [0.15, 0.2) is 5.96 Å². The fourth-order valence-corrected chi connectivity index (χ4v) is 3.54. The van der Waals surface area contributed by atoms with Gasteiger partial charge in [-0.15, -0.1) is 35.3 Å². The molecule has 0 aliphatic heterocycles. The van der Waals surface area contributed by atoms with Crippen LogP contribution in [0.1, 0.15) is 41.9 Å². The van der Waals surface area contributed by atoms with Crippen LogP contribution in [0.5, 0.6) is 0 Å². The molecular formula is C20H27IN6S. The highest BCUT2D eigenvalue weighted by Crippen LogP contribution is 2.17. The van der Waals surface area contributed by atoms with Gasteiger partial charge in [-0.2, -0.15) is 0 Å². The van der Waals surface area contributed by atoms with Crippen molar-refractivity contribution in [3.05, 3.63) is 70.2 Å². The van der Waals surface area contributed by atoms with Crippen molar-refractivity contribution in [2.75, 3.05) is 7.05 Å². The second kappa shape index (κ2) is 11.2. The number of thiazole rings is 1. The molecule has 28 heavy (non-hydrogen) atoms. The number of nitrogens with zero attached hydrogens (tertiary/aromatic N) is 4. The van der Waals surface area contributed by atoms with E-state index in [4.69, 9.17) is 0 Å². The monoisotopic (exact) mass is 510 g/mol. The first-order valence-electron chi connectivity index (χ1n) is 9.08. The quantitative estimate of drug-likeness (QED) is 0.287. The maximum absolute atomic E-state index is 4.64. The highest BCUT2D eigenvalue weighted by atomic mass is 127. The molecule has 2 aromatic heterocycles. The third-order valence-electron chi connectivity index (χ3n) is 4.20. The SMILES string of the molecule is CN=C(NCc1nc(C(C)C)cs1)NCc1nccn1Cc1ccccc1.I. The number of halogens is 1. The average Bonchev–Trinajstić information content (AvgIpc) is 3.32. The number of imidazole rings is 1. The summed E-state index contributed by atoms with van der Waals surface area (Å²) in [6.45, 7) is 6.39. The van der Waals surface area contributed by atoms with Crippen molar-refractivity contribution < 1.29 is 0 Å². The molecule has 6 nitrogen and oxygen atoms in total. The van der Waals surface area contributed by atoms with E-state index in [2.05, 4.69) is 73.7 Å². The van der Waals surface area contributed by atoms with Gasteiger partial charge in [0.2, 0.25) is 0 Å². The molecule has 1 aromatic carbocycles. The number of aromatic nitrogens is 3. The predicted octanol–water partition coefficient (Wildman–Crippen LogP) is 3.99. The molecule has 3 rings (SSSR count). The summed E-state index contributed by atoms with van der Waals surface area (Å²) in [7, 11) is 1.77. The molecule has 0 fully saturated rings. The average molecular weight is 510 g/mol. The maximum Gasteiger partial charge on any atom is 0.191 e. The summed E-state index contributed by atoms with van der Waals surface area (Å²) in [4.78, 5) is 13.4. The van der Waals surface area contributed by atoms with Gasteiger partial charge in [0.05, 0.1) is 18.8 Å². The van der Waals surface area contributed by atoms with Gasteiger partial charge < -0.3 is 15.2 Å². The lowest BCUT2D eigenvalue weighted by Gasteiger charge is -2.12. The lowest BCUT2D eigenvalue weighted by atomic mass is 10.2. The second-order valence-corrected chi connectivity index (χ2v) is 7.50. The number of guanidine groups is 1. The van der Waals surface area contributed by atoms with Crippen LogP contribution in [0.4, 0.5) is 0 Å². The zero-order valence-electron chi connectivity index (χ0n) is 16.4. The largest absolute Gasteiger partial charge is 0.350 e. The molecule has 0 aliphatic rings. The number of hydrogen-bond acceptors (Lipinski definition) is 4. The van der Waals surface area contributed by atoms with Crippen molar-refractivity contribution in [2.24, 2.45) is 4.99 Å². The van der Waals surface area contributed by atoms with E-state index in [1.807, 2.05) is 18.5 Å². The number of hydrogen-bond donors (Lipinski definition) is 2. The van der Waals surface area contributed by atoms with Crippen LogP contribution in [0.3, 0.4) is 0 Å². The molecule has 0 saturated carbocycles. The molecule has 0 radical (unpaired) electrons. The van der Waals surface area contributed by atoms with E-state index in [0.717, 1.165) is 29.0 Å². The van der Waals surface area contributed by atoms with Gasteiger partial charge in [-0.3, -0.25) is 4.99 Å². The Kier molecular flexibility index (Phi) is 8.91. The van der Waals surface area contributed by atoms with Crippen LogP contribution in [0.15, 0.2) is 53.1 Å². The number of benzene rings is 1. The highest BCUT2D eigenvalue weighted by molar-refractivity contribution is 14.0. The minimum atomic E-state index is 0. The molecule has 0 atom stereocenters. The molecule has 0 amide bonds. The first-order valence-corrected chi connectivity index (χ1v) is 9.96. The maximum atomic E-state index is 4.64. The summed E-state index contributed by atoms with van der Waals surface area (Å²) in [5, 5.41) is 9.84. The Morgan fingerprint density at radius 3 is 2.61 bits per heavy atom. The summed E-state index contributed by atoms with van der Waals surface area (Å²) in [5.74, 6) is 2.17. The fourth-order valence-electron chi connectivity index (χ4n) is 2.65. The first kappa shape index (κ1) is 22.4. The van der Waals surface area contributed by atoms with E-state index in [9.17, 15) is 0 Å². The zero-order chi connectivity index (χ0) is 19.1. The zero-order valence-corrected chi connectivity index (χ0v) is 19.6. The Bertz CT molecular complexity index is 872. The van der Waals surface area contributed by atoms with Crippen molar-refractivity contribution in [3.8, 4) is 0 Å². The molecule has 2 N–H and O–H groups in total. The van der Waals surface area contributed by atoms with Crippen LogP contribution in [0.2, 0.25) is 0 Å². The smallest absolute Gasteiger partial charge is 0.191 e. The van der Waals surface area contributed by atoms with Gasteiger partial charge in [0.1, 0.15) is 10.8 Å². The number of rotatable bonds is 7. The van der Waals surface area contributed by atoms with Crippen LogP contribution >= 0.6 is 35.3 Å². The second-order valence-electron chi connectivity index (χ2n) is 6.56. The van der Waals surface area contributed by atoms with Crippen LogP contribution < -0.4 is 10.6 Å². The Morgan fingerprint density at radius 2 is 1.93 bits per heavy atom. The summed E-state index contributed by atoms with van der Waals surface area (Å²) in [5.41, 5.74) is 2.40. The van der Waals surface area contributed by atoms with Crippen LogP contribution in [0, 0.1) is 0 Å². The molecule has 150 valence electrons. The van der Waals surface area contributed by atoms with Crippen molar-refractivity contribution in [3.63, 3.8) is 0 Å². The highest BCUT2D eigenvalue weighted by Gasteiger charge is 2.08. The topological polar surface area (TPSA) is 67.1 Å². The number of aliphatic imine (C=N–C) groups is 1. The molecule has 2 heterocycles. The van der Waals surface area contributed by atoms with Crippen molar-refractivity contribution in [1.82, 2.24) is 25.2 Å². The van der Waals surface area contributed by atoms with E-state index in [1.165, 1.54) is 5.56 Å². The van der Waals surface area contributed by atoms with E-state index in [-0.39, 0.29) is 24.0 Å². The molecule has 0 spiro atoms. The van der Waals surface area contributed by atoms with Crippen molar-refractivity contribution >= 4 is 41.3 Å². The summed E-state index contributed by atoms with van der Waals surface area (Å²) >= 11 is 1.68. The van der Waals surface area contributed by atoms with Gasteiger partial charge in [0.25, 0.3) is 0 Å².